The van der Waals surface area contributed by atoms with Crippen LogP contribution in [0.3, 0.4) is 0 Å². The molecule has 44 heavy (non-hydrogen) atoms. The van der Waals surface area contributed by atoms with Crippen LogP contribution >= 0.6 is 11.3 Å². The molecule has 0 aliphatic rings. The van der Waals surface area contributed by atoms with E-state index in [0.717, 1.165) is 16.9 Å². The van der Waals surface area contributed by atoms with E-state index in [-0.39, 0.29) is 0 Å². The molecule has 210 valence electrons. The summed E-state index contributed by atoms with van der Waals surface area (Å²) in [6, 6.07) is 58.1. The lowest BCUT2D eigenvalue weighted by Crippen LogP contribution is -2.10. The number of para-hydroxylation sites is 1. The Morgan fingerprint density at radius 2 is 0.955 bits per heavy atom. The lowest BCUT2D eigenvalue weighted by atomic mass is 10.1. The lowest BCUT2D eigenvalue weighted by Gasteiger charge is -2.27. The first-order chi connectivity index (χ1) is 21.8. The van der Waals surface area contributed by atoms with E-state index in [1.54, 1.807) is 0 Å². The highest BCUT2D eigenvalue weighted by Gasteiger charge is 2.14. The maximum Gasteiger partial charge on any atom is 0.0540 e. The number of fused-ring (bicyclic) bond motifs is 1. The van der Waals surface area contributed by atoms with Crippen LogP contribution in [0.4, 0.5) is 17.1 Å². The number of anilines is 3. The molecule has 2 heteroatoms. The van der Waals surface area contributed by atoms with Crippen molar-refractivity contribution < 1.29 is 0 Å². The predicted octanol–water partition coefficient (Wildman–Crippen LogP) is 12.4. The maximum atomic E-state index is 2.33. The van der Waals surface area contributed by atoms with E-state index in [1.807, 2.05) is 11.3 Å². The van der Waals surface area contributed by atoms with E-state index < -0.39 is 0 Å². The van der Waals surface area contributed by atoms with Gasteiger partial charge in [-0.25, -0.2) is 0 Å². The lowest BCUT2D eigenvalue weighted by molar-refractivity contribution is 1.30. The van der Waals surface area contributed by atoms with Gasteiger partial charge in [0, 0.05) is 26.5 Å². The topological polar surface area (TPSA) is 3.24 Å². The van der Waals surface area contributed by atoms with Gasteiger partial charge in [-0.15, -0.1) is 11.3 Å². The average Bonchev–Trinajstić information content (AvgIpc) is 3.58. The van der Waals surface area contributed by atoms with Gasteiger partial charge in [-0.05, 0) is 76.2 Å². The second kappa shape index (κ2) is 12.8. The van der Waals surface area contributed by atoms with E-state index in [9.17, 15) is 0 Å². The predicted molar refractivity (Wildman–Crippen MR) is 193 cm³/mol. The van der Waals surface area contributed by atoms with E-state index in [4.69, 9.17) is 0 Å². The highest BCUT2D eigenvalue weighted by Crippen LogP contribution is 2.38. The van der Waals surface area contributed by atoms with Gasteiger partial charge in [0.15, 0.2) is 0 Å². The molecule has 0 radical (unpaired) electrons. The Labute approximate surface area is 263 Å². The maximum absolute atomic E-state index is 2.33. The first kappa shape index (κ1) is 27.4. The molecule has 0 N–H and O–H groups in total. The van der Waals surface area contributed by atoms with Crippen LogP contribution in [0.25, 0.3) is 45.5 Å². The van der Waals surface area contributed by atoms with Gasteiger partial charge in [0.2, 0.25) is 0 Å². The third kappa shape index (κ3) is 6.17. The summed E-state index contributed by atoms with van der Waals surface area (Å²) >= 11 is 1.81. The molecule has 0 atom stereocenters. The number of rotatable bonds is 8. The van der Waals surface area contributed by atoms with Gasteiger partial charge in [0.1, 0.15) is 0 Å². The van der Waals surface area contributed by atoms with Crippen molar-refractivity contribution in [2.45, 2.75) is 0 Å². The van der Waals surface area contributed by atoms with Crippen molar-refractivity contribution in [1.29, 1.82) is 0 Å². The molecule has 1 aromatic heterocycles. The van der Waals surface area contributed by atoms with Crippen LogP contribution in [-0.2, 0) is 0 Å². The molecule has 7 rings (SSSR count). The van der Waals surface area contributed by atoms with Crippen molar-refractivity contribution in [3.63, 3.8) is 0 Å². The Bertz CT molecular complexity index is 2030. The van der Waals surface area contributed by atoms with Gasteiger partial charge in [-0.2, -0.15) is 0 Å². The normalized spacial score (nSPS) is 11.5. The van der Waals surface area contributed by atoms with E-state index in [0.29, 0.717) is 0 Å². The molecule has 0 saturated heterocycles. The monoisotopic (exact) mass is 581 g/mol. The molecular formula is C42H31NS. The summed E-state index contributed by atoms with van der Waals surface area (Å²) in [6.45, 7) is 0. The van der Waals surface area contributed by atoms with Crippen LogP contribution in [0.2, 0.25) is 0 Å². The standard InChI is InChI=1S/C42H31NS/c1-3-11-36(12-4-1)42-31-30-39(44-42)29-26-33-21-18-32(19-22-33)20-23-34-24-27-38(28-25-34)43(37-14-5-2-6-15-37)41-17-9-13-35-10-7-8-16-40(35)41/h1-31H. The molecule has 7 aromatic rings. The molecule has 6 aromatic carbocycles. The van der Waals surface area contributed by atoms with Gasteiger partial charge < -0.3 is 4.90 Å². The Balaban J connectivity index is 1.07. The Kier molecular flexibility index (Phi) is 7.99. The summed E-state index contributed by atoms with van der Waals surface area (Å²) in [5.41, 5.74) is 8.23. The van der Waals surface area contributed by atoms with Crippen molar-refractivity contribution in [2.24, 2.45) is 0 Å². The Morgan fingerprint density at radius 1 is 0.409 bits per heavy atom. The summed E-state index contributed by atoms with van der Waals surface area (Å²) < 4.78 is 0. The third-order valence-corrected chi connectivity index (χ3v) is 8.80. The van der Waals surface area contributed by atoms with Crippen molar-refractivity contribution in [2.75, 3.05) is 4.90 Å². The van der Waals surface area contributed by atoms with Crippen LogP contribution in [0.1, 0.15) is 21.6 Å². The second-order valence-corrected chi connectivity index (χ2v) is 11.8. The largest absolute Gasteiger partial charge is 0.310 e. The summed E-state index contributed by atoms with van der Waals surface area (Å²) in [6.07, 6.45) is 8.73. The van der Waals surface area contributed by atoms with E-state index in [2.05, 4.69) is 193 Å². The average molecular weight is 582 g/mol. The van der Waals surface area contributed by atoms with Gasteiger partial charge >= 0.3 is 0 Å². The highest BCUT2D eigenvalue weighted by atomic mass is 32.1. The Hall–Kier alpha value is -5.44. The molecule has 0 fully saturated rings. The summed E-state index contributed by atoms with van der Waals surface area (Å²) in [4.78, 5) is 4.88. The minimum absolute atomic E-state index is 1.13. The van der Waals surface area contributed by atoms with Crippen LogP contribution in [0, 0.1) is 0 Å². The molecule has 0 amide bonds. The molecule has 0 spiro atoms. The second-order valence-electron chi connectivity index (χ2n) is 10.7. The zero-order chi connectivity index (χ0) is 29.6. The smallest absolute Gasteiger partial charge is 0.0540 e. The van der Waals surface area contributed by atoms with Crippen LogP contribution in [0.15, 0.2) is 164 Å². The van der Waals surface area contributed by atoms with Gasteiger partial charge in [-0.3, -0.25) is 0 Å². The van der Waals surface area contributed by atoms with E-state index in [1.165, 1.54) is 42.9 Å². The molecular weight excluding hydrogens is 551 g/mol. The number of benzene rings is 6. The van der Waals surface area contributed by atoms with Gasteiger partial charge in [0.25, 0.3) is 0 Å². The summed E-state index contributed by atoms with van der Waals surface area (Å²) in [5, 5.41) is 2.46. The minimum Gasteiger partial charge on any atom is -0.310 e. The SMILES string of the molecule is C(=Cc1ccc(N(c2ccccc2)c2cccc3ccccc23)cc1)c1ccc(C=Cc2ccc(-c3ccccc3)s2)cc1. The fourth-order valence-corrected chi connectivity index (χ4v) is 6.35. The van der Waals surface area contributed by atoms with Crippen LogP contribution < -0.4 is 4.90 Å². The molecule has 0 aliphatic carbocycles. The number of hydrogen-bond donors (Lipinski definition) is 0. The molecule has 0 aliphatic heterocycles. The molecule has 0 bridgehead atoms. The first-order valence-corrected chi connectivity index (χ1v) is 15.7. The third-order valence-electron chi connectivity index (χ3n) is 7.70. The van der Waals surface area contributed by atoms with Crippen LogP contribution in [0.5, 0.6) is 0 Å². The zero-order valence-electron chi connectivity index (χ0n) is 24.3. The zero-order valence-corrected chi connectivity index (χ0v) is 25.1. The molecule has 0 unspecified atom stereocenters. The number of thiophene rings is 1. The number of nitrogens with zero attached hydrogens (tertiary/aromatic N) is 1. The summed E-state index contributed by atoms with van der Waals surface area (Å²) in [7, 11) is 0. The first-order valence-electron chi connectivity index (χ1n) is 14.8. The number of hydrogen-bond acceptors (Lipinski definition) is 2. The van der Waals surface area contributed by atoms with Gasteiger partial charge in [-0.1, -0.05) is 140 Å². The van der Waals surface area contributed by atoms with Crippen molar-refractivity contribution >= 4 is 63.5 Å². The fourth-order valence-electron chi connectivity index (χ4n) is 5.43. The van der Waals surface area contributed by atoms with Crippen molar-refractivity contribution in [3.8, 4) is 10.4 Å². The molecule has 1 heterocycles. The van der Waals surface area contributed by atoms with Crippen molar-refractivity contribution in [3.05, 3.63) is 185 Å². The van der Waals surface area contributed by atoms with Crippen molar-refractivity contribution in [1.82, 2.24) is 0 Å². The Morgan fingerprint density at radius 3 is 1.66 bits per heavy atom. The summed E-state index contributed by atoms with van der Waals surface area (Å²) in [5.74, 6) is 0. The molecule has 1 nitrogen and oxygen atoms in total. The van der Waals surface area contributed by atoms with Gasteiger partial charge in [0.05, 0.1) is 5.69 Å². The highest BCUT2D eigenvalue weighted by molar-refractivity contribution is 7.16. The van der Waals surface area contributed by atoms with Crippen LogP contribution in [-0.4, -0.2) is 0 Å². The van der Waals surface area contributed by atoms with E-state index >= 15 is 0 Å². The minimum atomic E-state index is 1.13. The molecule has 0 saturated carbocycles. The quantitative estimate of drug-likeness (QED) is 0.161. The fraction of sp³-hybridized carbons (Fsp3) is 0.